The molecule has 0 saturated heterocycles. The van der Waals surface area contributed by atoms with Crippen LogP contribution in [-0.4, -0.2) is 19.1 Å². The molecule has 120 valence electrons. The summed E-state index contributed by atoms with van der Waals surface area (Å²) in [6.45, 7) is 1.07. The molecule has 3 aromatic carbocycles. The van der Waals surface area contributed by atoms with Crippen molar-refractivity contribution in [2.45, 2.75) is 0 Å². The molecule has 24 heavy (non-hydrogen) atoms. The van der Waals surface area contributed by atoms with Crippen LogP contribution in [0.5, 0.6) is 11.5 Å². The Morgan fingerprint density at radius 1 is 0.875 bits per heavy atom. The van der Waals surface area contributed by atoms with Crippen LogP contribution in [0.1, 0.15) is 10.4 Å². The van der Waals surface area contributed by atoms with Crippen molar-refractivity contribution in [3.63, 3.8) is 0 Å². The van der Waals surface area contributed by atoms with Crippen molar-refractivity contribution in [3.8, 4) is 11.5 Å². The third-order valence-electron chi connectivity index (χ3n) is 3.86. The van der Waals surface area contributed by atoms with Crippen LogP contribution in [-0.2, 0) is 0 Å². The van der Waals surface area contributed by atoms with Crippen LogP contribution in [0, 0.1) is 0 Å². The standard InChI is InChI=1S/C19H14BrNO3/c20-15-4-3-12-9-14(2-1-13(12)10-15)19(22)21-16-5-6-17-18(11-16)24-8-7-23-17/h1-6,9-11H,7-8H2,(H,21,22). The molecule has 1 heterocycles. The van der Waals surface area contributed by atoms with Crippen molar-refractivity contribution < 1.29 is 14.3 Å². The highest BCUT2D eigenvalue weighted by molar-refractivity contribution is 9.10. The van der Waals surface area contributed by atoms with Crippen LogP contribution in [0.25, 0.3) is 10.8 Å². The lowest BCUT2D eigenvalue weighted by Crippen LogP contribution is -2.16. The van der Waals surface area contributed by atoms with Gasteiger partial charge >= 0.3 is 0 Å². The predicted molar refractivity (Wildman–Crippen MR) is 97.0 cm³/mol. The van der Waals surface area contributed by atoms with Crippen molar-refractivity contribution in [1.82, 2.24) is 0 Å². The average Bonchev–Trinajstić information content (AvgIpc) is 2.61. The van der Waals surface area contributed by atoms with Crippen LogP contribution < -0.4 is 14.8 Å². The summed E-state index contributed by atoms with van der Waals surface area (Å²) in [5.74, 6) is 1.20. The molecule has 1 N–H and O–H groups in total. The summed E-state index contributed by atoms with van der Waals surface area (Å²) in [4.78, 5) is 12.5. The van der Waals surface area contributed by atoms with Gasteiger partial charge in [0.25, 0.3) is 5.91 Å². The molecule has 1 aliphatic rings. The first kappa shape index (κ1) is 15.0. The monoisotopic (exact) mass is 383 g/mol. The Kier molecular flexibility index (Phi) is 3.86. The van der Waals surface area contributed by atoms with E-state index in [0.29, 0.717) is 36.0 Å². The fraction of sp³-hybridized carbons (Fsp3) is 0.105. The van der Waals surface area contributed by atoms with Gasteiger partial charge in [0, 0.05) is 21.8 Å². The number of anilines is 1. The number of hydrogen-bond acceptors (Lipinski definition) is 3. The van der Waals surface area contributed by atoms with Gasteiger partial charge in [-0.1, -0.05) is 28.1 Å². The maximum absolute atomic E-state index is 12.5. The Balaban J connectivity index is 1.58. The minimum absolute atomic E-state index is 0.156. The Morgan fingerprint density at radius 3 is 2.50 bits per heavy atom. The zero-order valence-corrected chi connectivity index (χ0v) is 14.3. The molecular formula is C19H14BrNO3. The molecule has 0 radical (unpaired) electrons. The molecule has 1 aliphatic heterocycles. The first-order valence-electron chi connectivity index (χ1n) is 7.59. The number of hydrogen-bond donors (Lipinski definition) is 1. The summed E-state index contributed by atoms with van der Waals surface area (Å²) in [7, 11) is 0. The van der Waals surface area contributed by atoms with Crippen molar-refractivity contribution in [2.24, 2.45) is 0 Å². The van der Waals surface area contributed by atoms with Crippen LogP contribution in [0.15, 0.2) is 59.1 Å². The molecule has 0 fully saturated rings. The number of benzene rings is 3. The van der Waals surface area contributed by atoms with Gasteiger partial charge in [-0.3, -0.25) is 4.79 Å². The van der Waals surface area contributed by atoms with E-state index in [0.717, 1.165) is 15.2 Å². The molecule has 0 saturated carbocycles. The molecule has 1 amide bonds. The van der Waals surface area contributed by atoms with Crippen molar-refractivity contribution >= 4 is 38.3 Å². The number of carbonyl (C=O) groups excluding carboxylic acids is 1. The lowest BCUT2D eigenvalue weighted by molar-refractivity contribution is 0.102. The number of rotatable bonds is 2. The van der Waals surface area contributed by atoms with Gasteiger partial charge in [-0.05, 0) is 47.2 Å². The second-order valence-electron chi connectivity index (χ2n) is 5.52. The fourth-order valence-corrected chi connectivity index (χ4v) is 3.06. The van der Waals surface area contributed by atoms with Gasteiger partial charge in [0.1, 0.15) is 13.2 Å². The van der Waals surface area contributed by atoms with Crippen molar-refractivity contribution in [1.29, 1.82) is 0 Å². The summed E-state index contributed by atoms with van der Waals surface area (Å²) in [5, 5.41) is 5.01. The van der Waals surface area contributed by atoms with Crippen molar-refractivity contribution in [3.05, 3.63) is 64.6 Å². The van der Waals surface area contributed by atoms with Gasteiger partial charge in [0.2, 0.25) is 0 Å². The maximum Gasteiger partial charge on any atom is 0.255 e. The van der Waals surface area contributed by atoms with Gasteiger partial charge in [-0.15, -0.1) is 0 Å². The number of carbonyl (C=O) groups is 1. The first-order chi connectivity index (χ1) is 11.7. The fourth-order valence-electron chi connectivity index (χ4n) is 2.68. The number of nitrogens with one attached hydrogen (secondary N) is 1. The Hall–Kier alpha value is -2.53. The van der Waals surface area contributed by atoms with Crippen LogP contribution >= 0.6 is 15.9 Å². The lowest BCUT2D eigenvalue weighted by atomic mass is 10.1. The van der Waals surface area contributed by atoms with E-state index in [1.165, 1.54) is 0 Å². The van der Waals surface area contributed by atoms with Gasteiger partial charge < -0.3 is 14.8 Å². The molecule has 0 bridgehead atoms. The molecule has 4 rings (SSSR count). The van der Waals surface area contributed by atoms with Gasteiger partial charge in [0.05, 0.1) is 0 Å². The van der Waals surface area contributed by atoms with E-state index in [9.17, 15) is 4.79 Å². The quantitative estimate of drug-likeness (QED) is 0.701. The highest BCUT2D eigenvalue weighted by atomic mass is 79.9. The molecule has 0 aromatic heterocycles. The molecular weight excluding hydrogens is 370 g/mol. The highest BCUT2D eigenvalue weighted by Gasteiger charge is 2.13. The molecule has 0 atom stereocenters. The normalized spacial score (nSPS) is 12.9. The SMILES string of the molecule is O=C(Nc1ccc2c(c1)OCCO2)c1ccc2cc(Br)ccc2c1. The molecule has 0 unspecified atom stereocenters. The van der Waals surface area contributed by atoms with Gasteiger partial charge in [-0.2, -0.15) is 0 Å². The van der Waals surface area contributed by atoms with Gasteiger partial charge in [0.15, 0.2) is 11.5 Å². The van der Waals surface area contributed by atoms with Crippen molar-refractivity contribution in [2.75, 3.05) is 18.5 Å². The minimum Gasteiger partial charge on any atom is -0.486 e. The van der Waals surface area contributed by atoms with Crippen LogP contribution in [0.4, 0.5) is 5.69 Å². The summed E-state index contributed by atoms with van der Waals surface area (Å²) in [5.41, 5.74) is 1.29. The van der Waals surface area contributed by atoms with Gasteiger partial charge in [-0.25, -0.2) is 0 Å². The van der Waals surface area contributed by atoms with E-state index in [-0.39, 0.29) is 5.91 Å². The second kappa shape index (κ2) is 6.17. The number of amides is 1. The molecule has 3 aromatic rings. The van der Waals surface area contributed by atoms with E-state index >= 15 is 0 Å². The zero-order chi connectivity index (χ0) is 16.5. The Bertz CT molecular complexity index is 939. The average molecular weight is 384 g/mol. The third-order valence-corrected chi connectivity index (χ3v) is 4.36. The van der Waals surface area contributed by atoms with E-state index in [2.05, 4.69) is 21.2 Å². The summed E-state index contributed by atoms with van der Waals surface area (Å²) in [6.07, 6.45) is 0. The van der Waals surface area contributed by atoms with E-state index in [4.69, 9.17) is 9.47 Å². The second-order valence-corrected chi connectivity index (χ2v) is 6.43. The lowest BCUT2D eigenvalue weighted by Gasteiger charge is -2.19. The Morgan fingerprint density at radius 2 is 1.62 bits per heavy atom. The largest absolute Gasteiger partial charge is 0.486 e. The summed E-state index contributed by atoms with van der Waals surface area (Å²) in [6, 6.07) is 17.0. The number of fused-ring (bicyclic) bond motifs is 2. The summed E-state index contributed by atoms with van der Waals surface area (Å²) >= 11 is 3.45. The van der Waals surface area contributed by atoms with Crippen LogP contribution in [0.2, 0.25) is 0 Å². The first-order valence-corrected chi connectivity index (χ1v) is 8.39. The highest BCUT2D eigenvalue weighted by Crippen LogP contribution is 2.32. The third kappa shape index (κ3) is 2.95. The smallest absolute Gasteiger partial charge is 0.255 e. The Labute approximate surface area is 147 Å². The van der Waals surface area contributed by atoms with E-state index in [1.54, 1.807) is 6.07 Å². The molecule has 0 spiro atoms. The van der Waals surface area contributed by atoms with E-state index in [1.807, 2.05) is 48.5 Å². The number of ether oxygens (including phenoxy) is 2. The topological polar surface area (TPSA) is 47.6 Å². The minimum atomic E-state index is -0.156. The molecule has 0 aliphatic carbocycles. The van der Waals surface area contributed by atoms with E-state index < -0.39 is 0 Å². The number of halogens is 1. The van der Waals surface area contributed by atoms with Crippen LogP contribution in [0.3, 0.4) is 0 Å². The zero-order valence-electron chi connectivity index (χ0n) is 12.7. The maximum atomic E-state index is 12.5. The molecule has 5 heteroatoms. The summed E-state index contributed by atoms with van der Waals surface area (Å²) < 4.78 is 12.0. The molecule has 4 nitrogen and oxygen atoms in total. The predicted octanol–water partition coefficient (Wildman–Crippen LogP) is 4.63.